The molecule has 1 aliphatic rings. The van der Waals surface area contributed by atoms with Gasteiger partial charge in [-0.15, -0.1) is 6.58 Å². The van der Waals surface area contributed by atoms with E-state index in [0.29, 0.717) is 21.7 Å². The minimum Gasteiger partial charge on any atom is -0.489 e. The van der Waals surface area contributed by atoms with Gasteiger partial charge in [0.2, 0.25) is 5.88 Å². The van der Waals surface area contributed by atoms with Gasteiger partial charge in [-0.2, -0.15) is 0 Å². The second-order valence-electron chi connectivity index (χ2n) is 10.9. The van der Waals surface area contributed by atoms with Crippen LogP contribution < -0.4 is 14.8 Å². The van der Waals surface area contributed by atoms with Gasteiger partial charge in [-0.05, 0) is 106 Å². The van der Waals surface area contributed by atoms with E-state index in [4.69, 9.17) is 9.47 Å². The van der Waals surface area contributed by atoms with Crippen molar-refractivity contribution in [2.24, 2.45) is 0 Å². The number of carboxylic acid groups (broad SMARTS) is 1. The first-order chi connectivity index (χ1) is 18.5. The second kappa shape index (κ2) is 13.3. The average molecular weight is 603 g/mol. The van der Waals surface area contributed by atoms with Crippen molar-refractivity contribution in [1.29, 1.82) is 0 Å². The number of nitrogens with zero attached hydrogens (tertiary/aromatic N) is 2. The predicted molar refractivity (Wildman–Crippen MR) is 156 cm³/mol. The highest BCUT2D eigenvalue weighted by Crippen LogP contribution is 2.34. The zero-order valence-corrected chi connectivity index (χ0v) is 25.1. The van der Waals surface area contributed by atoms with Gasteiger partial charge in [0, 0.05) is 29.4 Å². The Morgan fingerprint density at radius 1 is 1.26 bits per heavy atom. The first kappa shape index (κ1) is 30.5. The molecule has 0 aliphatic heterocycles. The summed E-state index contributed by atoms with van der Waals surface area (Å²) in [5, 5.41) is 12.7. The Labute approximate surface area is 239 Å². The highest BCUT2D eigenvalue weighted by atomic mass is 79.9. The van der Waals surface area contributed by atoms with Crippen molar-refractivity contribution in [2.45, 2.75) is 90.4 Å². The summed E-state index contributed by atoms with van der Waals surface area (Å²) < 4.78 is 12.4. The number of halogens is 1. The van der Waals surface area contributed by atoms with E-state index in [9.17, 15) is 14.7 Å². The number of allylic oxidation sites excluding steroid dienone is 1. The minimum atomic E-state index is -0.889. The van der Waals surface area contributed by atoms with Gasteiger partial charge in [0.25, 0.3) is 5.91 Å². The molecule has 39 heavy (non-hydrogen) atoms. The van der Waals surface area contributed by atoms with Crippen LogP contribution in [0.1, 0.15) is 80.1 Å². The number of carbonyl (C=O) groups excluding carboxylic acids is 1. The van der Waals surface area contributed by atoms with Crippen LogP contribution in [0.5, 0.6) is 11.6 Å². The number of methoxy groups -OCH3 is 1. The highest BCUT2D eigenvalue weighted by Gasteiger charge is 2.36. The molecule has 0 spiro atoms. The van der Waals surface area contributed by atoms with Gasteiger partial charge in [0.1, 0.15) is 5.75 Å². The van der Waals surface area contributed by atoms with E-state index in [-0.39, 0.29) is 24.6 Å². The third kappa shape index (κ3) is 7.75. The lowest BCUT2D eigenvalue weighted by Gasteiger charge is -2.42. The molecule has 2 amide bonds. The molecule has 1 fully saturated rings. The zero-order valence-electron chi connectivity index (χ0n) is 23.6. The van der Waals surface area contributed by atoms with Gasteiger partial charge in [0.15, 0.2) is 0 Å². The number of aromatic nitrogens is 1. The lowest BCUT2D eigenvalue weighted by atomic mass is 9.89. The fourth-order valence-corrected chi connectivity index (χ4v) is 5.75. The quantitative estimate of drug-likeness (QED) is 0.295. The Hall–Kier alpha value is -3.07. The van der Waals surface area contributed by atoms with Crippen molar-refractivity contribution in [1.82, 2.24) is 15.2 Å². The van der Waals surface area contributed by atoms with Crippen molar-refractivity contribution in [3.8, 4) is 11.6 Å². The Morgan fingerprint density at radius 3 is 2.54 bits per heavy atom. The molecule has 2 N–H and O–H groups in total. The van der Waals surface area contributed by atoms with Gasteiger partial charge >= 0.3 is 6.09 Å². The number of aryl methyl sites for hydroxylation is 2. The molecule has 3 rings (SSSR count). The topological polar surface area (TPSA) is 101 Å². The molecule has 0 unspecified atom stereocenters. The molecule has 1 aromatic carbocycles. The molecular formula is C30H40BrN3O5. The molecule has 8 nitrogen and oxygen atoms in total. The molecule has 212 valence electrons. The van der Waals surface area contributed by atoms with Crippen molar-refractivity contribution in [3.05, 3.63) is 63.8 Å². The molecule has 1 saturated carbocycles. The number of nitrogens with one attached hydrogen (secondary N) is 1. The number of hydrogen-bond acceptors (Lipinski definition) is 5. The fourth-order valence-electron chi connectivity index (χ4n) is 5.21. The van der Waals surface area contributed by atoms with Crippen molar-refractivity contribution in [2.75, 3.05) is 7.11 Å². The average Bonchev–Trinajstić information content (AvgIpc) is 2.87. The van der Waals surface area contributed by atoms with Gasteiger partial charge in [0.05, 0.1) is 23.2 Å². The molecule has 1 aliphatic carbocycles. The SMILES string of the molecule is C=CCCc1cc(C)nc(OC)c1CNC(=O)c1cccc(OC2CCC(N(C(=O)O)C(C)(C)C)CC2)c1Br. The van der Waals surface area contributed by atoms with E-state index in [1.54, 1.807) is 24.1 Å². The summed E-state index contributed by atoms with van der Waals surface area (Å²) in [6.45, 7) is 11.8. The maximum atomic E-state index is 13.2. The summed E-state index contributed by atoms with van der Waals surface area (Å²) in [4.78, 5) is 31.1. The minimum absolute atomic E-state index is 0.0347. The Bertz CT molecular complexity index is 1190. The maximum absolute atomic E-state index is 13.2. The summed E-state index contributed by atoms with van der Waals surface area (Å²) in [6.07, 6.45) is 5.45. The molecule has 0 radical (unpaired) electrons. The summed E-state index contributed by atoms with van der Waals surface area (Å²) in [6, 6.07) is 7.37. The lowest BCUT2D eigenvalue weighted by Crippen LogP contribution is -2.52. The fraction of sp³-hybridized carbons (Fsp3) is 0.500. The Balaban J connectivity index is 1.68. The maximum Gasteiger partial charge on any atom is 0.407 e. The zero-order chi connectivity index (χ0) is 28.7. The van der Waals surface area contributed by atoms with Gasteiger partial charge < -0.3 is 24.8 Å². The molecular weight excluding hydrogens is 562 g/mol. The van der Waals surface area contributed by atoms with Gasteiger partial charge in [-0.3, -0.25) is 4.79 Å². The van der Waals surface area contributed by atoms with Crippen LogP contribution in [0, 0.1) is 6.92 Å². The van der Waals surface area contributed by atoms with Crippen LogP contribution in [0.25, 0.3) is 0 Å². The number of pyridine rings is 1. The van der Waals surface area contributed by atoms with E-state index < -0.39 is 11.6 Å². The normalized spacial score (nSPS) is 17.3. The van der Waals surface area contributed by atoms with Crippen molar-refractivity contribution < 1.29 is 24.2 Å². The summed E-state index contributed by atoms with van der Waals surface area (Å²) in [7, 11) is 1.58. The molecule has 2 aromatic rings. The second-order valence-corrected chi connectivity index (χ2v) is 11.7. The molecule has 0 atom stereocenters. The predicted octanol–water partition coefficient (Wildman–Crippen LogP) is 6.68. The van der Waals surface area contributed by atoms with Crippen LogP contribution in [0.3, 0.4) is 0 Å². The monoisotopic (exact) mass is 601 g/mol. The molecule has 1 heterocycles. The van der Waals surface area contributed by atoms with Crippen molar-refractivity contribution >= 4 is 27.9 Å². The Kier molecular flexibility index (Phi) is 10.4. The molecule has 1 aromatic heterocycles. The third-order valence-electron chi connectivity index (χ3n) is 6.98. The van der Waals surface area contributed by atoms with Gasteiger partial charge in [-0.1, -0.05) is 12.1 Å². The smallest absolute Gasteiger partial charge is 0.407 e. The Morgan fingerprint density at radius 2 is 1.95 bits per heavy atom. The van der Waals surface area contributed by atoms with E-state index in [1.165, 1.54) is 0 Å². The third-order valence-corrected chi connectivity index (χ3v) is 7.80. The van der Waals surface area contributed by atoms with E-state index in [0.717, 1.165) is 55.3 Å². The van der Waals surface area contributed by atoms with Gasteiger partial charge in [-0.25, -0.2) is 9.78 Å². The molecule has 0 bridgehead atoms. The lowest BCUT2D eigenvalue weighted by molar-refractivity contribution is 0.0366. The standard InChI is InChI=1S/C30H40BrN3O5/c1-7-8-10-20-17-19(2)33-28(38-6)24(20)18-32-27(35)23-11-9-12-25(26(23)31)39-22-15-13-21(14-16-22)34(29(36)37)30(3,4)5/h7,9,11-12,17,21-22H,1,8,10,13-16,18H2,2-6H3,(H,32,35)(H,36,37). The molecule has 9 heteroatoms. The van der Waals surface area contributed by atoms with Crippen molar-refractivity contribution in [3.63, 3.8) is 0 Å². The van der Waals surface area contributed by atoms with E-state index in [1.807, 2.05) is 45.9 Å². The number of hydrogen-bond donors (Lipinski definition) is 2. The highest BCUT2D eigenvalue weighted by molar-refractivity contribution is 9.10. The first-order valence-electron chi connectivity index (χ1n) is 13.4. The first-order valence-corrected chi connectivity index (χ1v) is 14.2. The van der Waals surface area contributed by atoms with Crippen LogP contribution in [-0.4, -0.2) is 51.8 Å². The summed E-state index contributed by atoms with van der Waals surface area (Å²) in [5.41, 5.74) is 2.79. The van der Waals surface area contributed by atoms with Crippen LogP contribution in [0.2, 0.25) is 0 Å². The van der Waals surface area contributed by atoms with Crippen LogP contribution >= 0.6 is 15.9 Å². The summed E-state index contributed by atoms with van der Waals surface area (Å²) >= 11 is 3.58. The number of carbonyl (C=O) groups is 2. The summed E-state index contributed by atoms with van der Waals surface area (Å²) in [5.74, 6) is 0.864. The van der Waals surface area contributed by atoms with E-state index in [2.05, 4.69) is 32.8 Å². The van der Waals surface area contributed by atoms with Crippen LogP contribution in [0.4, 0.5) is 4.79 Å². The number of rotatable bonds is 10. The largest absolute Gasteiger partial charge is 0.489 e. The number of ether oxygens (including phenoxy) is 2. The number of amides is 2. The van der Waals surface area contributed by atoms with Crippen LogP contribution in [-0.2, 0) is 13.0 Å². The number of benzene rings is 1. The van der Waals surface area contributed by atoms with Crippen LogP contribution in [0.15, 0.2) is 41.4 Å². The molecule has 0 saturated heterocycles. The van der Waals surface area contributed by atoms with E-state index >= 15 is 0 Å².